The van der Waals surface area contributed by atoms with Gasteiger partial charge in [-0.2, -0.15) is 0 Å². The van der Waals surface area contributed by atoms with Crippen molar-refractivity contribution in [1.82, 2.24) is 10.2 Å². The van der Waals surface area contributed by atoms with Gasteiger partial charge in [-0.05, 0) is 44.3 Å². The van der Waals surface area contributed by atoms with Gasteiger partial charge in [-0.15, -0.1) is 11.8 Å². The molecule has 2 saturated heterocycles. The Balaban J connectivity index is 1.74. The Hall–Kier alpha value is -1.00. The van der Waals surface area contributed by atoms with Gasteiger partial charge in [-0.1, -0.05) is 29.8 Å². The Morgan fingerprint density at radius 3 is 2.90 bits per heavy atom. The minimum absolute atomic E-state index is 0.220. The summed E-state index contributed by atoms with van der Waals surface area (Å²) in [5.74, 6) is 1.59. The second-order valence-electron chi connectivity index (χ2n) is 5.82. The highest BCUT2D eigenvalue weighted by molar-refractivity contribution is 8.00. The molecule has 1 N–H and O–H groups in total. The molecule has 1 aromatic carbocycles. The van der Waals surface area contributed by atoms with E-state index in [4.69, 9.17) is 0 Å². The standard InChI is InChI=1S/C16H22N2OS/c1-12-3-2-4-14(9-12)16-18(15(19)11-20-16)10-13-5-7-17-8-6-13/h2-4,9,13,16-17H,5-8,10-11H2,1H3/t16-/m1/s1. The lowest BCUT2D eigenvalue weighted by molar-refractivity contribution is -0.128. The summed E-state index contributed by atoms with van der Waals surface area (Å²) in [7, 11) is 0. The fourth-order valence-electron chi connectivity index (χ4n) is 3.09. The van der Waals surface area contributed by atoms with Gasteiger partial charge in [0, 0.05) is 6.54 Å². The Bertz CT molecular complexity index is 485. The molecule has 3 rings (SSSR count). The highest BCUT2D eigenvalue weighted by Gasteiger charge is 2.34. The molecule has 0 aliphatic carbocycles. The van der Waals surface area contributed by atoms with Crippen molar-refractivity contribution in [3.8, 4) is 0 Å². The van der Waals surface area contributed by atoms with Crippen LogP contribution >= 0.6 is 11.8 Å². The van der Waals surface area contributed by atoms with Crippen LogP contribution in [0.1, 0.15) is 29.3 Å². The molecule has 2 heterocycles. The fraction of sp³-hybridized carbons (Fsp3) is 0.562. The molecule has 0 radical (unpaired) electrons. The molecule has 0 unspecified atom stereocenters. The number of piperidine rings is 1. The van der Waals surface area contributed by atoms with Gasteiger partial charge in [-0.3, -0.25) is 4.79 Å². The van der Waals surface area contributed by atoms with E-state index in [1.165, 1.54) is 24.0 Å². The maximum absolute atomic E-state index is 12.2. The van der Waals surface area contributed by atoms with Crippen LogP contribution in [0, 0.1) is 12.8 Å². The fourth-order valence-corrected chi connectivity index (χ4v) is 4.28. The first kappa shape index (κ1) is 14.0. The van der Waals surface area contributed by atoms with E-state index < -0.39 is 0 Å². The number of nitrogens with zero attached hydrogens (tertiary/aromatic N) is 1. The van der Waals surface area contributed by atoms with E-state index in [1.54, 1.807) is 11.8 Å². The number of nitrogens with one attached hydrogen (secondary N) is 1. The van der Waals surface area contributed by atoms with E-state index in [9.17, 15) is 4.79 Å². The normalized spacial score (nSPS) is 24.4. The SMILES string of the molecule is Cc1cccc([C@H]2SCC(=O)N2CC2CCNCC2)c1. The minimum atomic E-state index is 0.220. The third-order valence-corrected chi connectivity index (χ3v) is 5.47. The Labute approximate surface area is 125 Å². The first-order valence-corrected chi connectivity index (χ1v) is 8.47. The summed E-state index contributed by atoms with van der Waals surface area (Å²) in [6, 6.07) is 8.57. The Morgan fingerprint density at radius 1 is 1.35 bits per heavy atom. The molecule has 108 valence electrons. The molecule has 2 aliphatic rings. The van der Waals surface area contributed by atoms with Crippen molar-refractivity contribution in [3.63, 3.8) is 0 Å². The van der Waals surface area contributed by atoms with E-state index in [2.05, 4.69) is 41.4 Å². The maximum atomic E-state index is 12.2. The van der Waals surface area contributed by atoms with Crippen LogP contribution in [-0.2, 0) is 4.79 Å². The highest BCUT2D eigenvalue weighted by atomic mass is 32.2. The van der Waals surface area contributed by atoms with Crippen LogP contribution in [0.15, 0.2) is 24.3 Å². The average molecular weight is 290 g/mol. The van der Waals surface area contributed by atoms with Gasteiger partial charge in [-0.25, -0.2) is 0 Å². The van der Waals surface area contributed by atoms with E-state index >= 15 is 0 Å². The average Bonchev–Trinajstić information content (AvgIpc) is 2.82. The summed E-state index contributed by atoms with van der Waals surface area (Å²) >= 11 is 1.77. The van der Waals surface area contributed by atoms with Crippen molar-refractivity contribution in [1.29, 1.82) is 0 Å². The maximum Gasteiger partial charge on any atom is 0.233 e. The molecular formula is C16H22N2OS. The topological polar surface area (TPSA) is 32.3 Å². The third-order valence-electron chi connectivity index (χ3n) is 4.21. The number of hydrogen-bond acceptors (Lipinski definition) is 3. The molecule has 3 nitrogen and oxygen atoms in total. The van der Waals surface area contributed by atoms with Crippen LogP contribution in [0.3, 0.4) is 0 Å². The van der Waals surface area contributed by atoms with Crippen molar-refractivity contribution < 1.29 is 4.79 Å². The van der Waals surface area contributed by atoms with Gasteiger partial charge in [0.2, 0.25) is 5.91 Å². The van der Waals surface area contributed by atoms with E-state index in [0.29, 0.717) is 17.6 Å². The zero-order valence-corrected chi connectivity index (χ0v) is 12.8. The monoisotopic (exact) mass is 290 g/mol. The lowest BCUT2D eigenvalue weighted by Gasteiger charge is -2.31. The molecule has 1 amide bonds. The predicted octanol–water partition coefficient (Wildman–Crippen LogP) is 2.57. The second kappa shape index (κ2) is 6.19. The second-order valence-corrected chi connectivity index (χ2v) is 6.89. The molecule has 1 aromatic rings. The first-order chi connectivity index (χ1) is 9.74. The zero-order chi connectivity index (χ0) is 13.9. The molecular weight excluding hydrogens is 268 g/mol. The molecule has 2 aliphatic heterocycles. The van der Waals surface area contributed by atoms with Crippen molar-refractivity contribution in [3.05, 3.63) is 35.4 Å². The summed E-state index contributed by atoms with van der Waals surface area (Å²) in [5.41, 5.74) is 2.54. The lowest BCUT2D eigenvalue weighted by Crippen LogP contribution is -2.38. The third kappa shape index (κ3) is 3.01. The molecule has 0 aromatic heterocycles. The van der Waals surface area contributed by atoms with Crippen LogP contribution in [0.5, 0.6) is 0 Å². The van der Waals surface area contributed by atoms with Gasteiger partial charge >= 0.3 is 0 Å². The molecule has 4 heteroatoms. The van der Waals surface area contributed by atoms with Gasteiger partial charge in [0.15, 0.2) is 0 Å². The van der Waals surface area contributed by atoms with E-state index in [0.717, 1.165) is 19.6 Å². The number of hydrogen-bond donors (Lipinski definition) is 1. The van der Waals surface area contributed by atoms with Crippen LogP contribution in [0.4, 0.5) is 0 Å². The summed E-state index contributed by atoms with van der Waals surface area (Å²) < 4.78 is 0. The summed E-state index contributed by atoms with van der Waals surface area (Å²) in [6.07, 6.45) is 2.38. The van der Waals surface area contributed by atoms with Crippen molar-refractivity contribution in [2.45, 2.75) is 25.1 Å². The molecule has 0 bridgehead atoms. The van der Waals surface area contributed by atoms with Gasteiger partial charge in [0.05, 0.1) is 5.75 Å². The number of amides is 1. The van der Waals surface area contributed by atoms with Crippen molar-refractivity contribution >= 4 is 17.7 Å². The number of aryl methyl sites for hydroxylation is 1. The number of carbonyl (C=O) groups is 1. The van der Waals surface area contributed by atoms with Crippen LogP contribution in [-0.4, -0.2) is 36.2 Å². The molecule has 0 spiro atoms. The van der Waals surface area contributed by atoms with E-state index in [1.807, 2.05) is 0 Å². The molecule has 1 atom stereocenters. The van der Waals surface area contributed by atoms with Crippen LogP contribution in [0.25, 0.3) is 0 Å². The van der Waals surface area contributed by atoms with Gasteiger partial charge in [0.1, 0.15) is 5.37 Å². The largest absolute Gasteiger partial charge is 0.326 e. The number of rotatable bonds is 3. The van der Waals surface area contributed by atoms with E-state index in [-0.39, 0.29) is 5.37 Å². The van der Waals surface area contributed by atoms with Crippen molar-refractivity contribution in [2.75, 3.05) is 25.4 Å². The van der Waals surface area contributed by atoms with Crippen LogP contribution < -0.4 is 5.32 Å². The highest BCUT2D eigenvalue weighted by Crippen LogP contribution is 2.39. The van der Waals surface area contributed by atoms with Gasteiger partial charge in [0.25, 0.3) is 0 Å². The Kier molecular flexibility index (Phi) is 4.32. The zero-order valence-electron chi connectivity index (χ0n) is 12.0. The summed E-state index contributed by atoms with van der Waals surface area (Å²) in [4.78, 5) is 14.3. The predicted molar refractivity (Wildman–Crippen MR) is 83.7 cm³/mol. The number of benzene rings is 1. The van der Waals surface area contributed by atoms with Crippen LogP contribution in [0.2, 0.25) is 0 Å². The number of carbonyl (C=O) groups excluding carboxylic acids is 1. The van der Waals surface area contributed by atoms with Crippen molar-refractivity contribution in [2.24, 2.45) is 5.92 Å². The molecule has 0 saturated carbocycles. The summed E-state index contributed by atoms with van der Waals surface area (Å²) in [5, 5.41) is 3.61. The number of thioether (sulfide) groups is 1. The smallest absolute Gasteiger partial charge is 0.233 e. The Morgan fingerprint density at radius 2 is 2.15 bits per heavy atom. The quantitative estimate of drug-likeness (QED) is 0.928. The lowest BCUT2D eigenvalue weighted by atomic mass is 9.97. The molecule has 2 fully saturated rings. The molecule has 20 heavy (non-hydrogen) atoms. The van der Waals surface area contributed by atoms with Gasteiger partial charge < -0.3 is 10.2 Å². The first-order valence-electron chi connectivity index (χ1n) is 7.42. The minimum Gasteiger partial charge on any atom is -0.326 e. The summed E-state index contributed by atoms with van der Waals surface area (Å²) in [6.45, 7) is 5.22.